The summed E-state index contributed by atoms with van der Waals surface area (Å²) < 4.78 is 0. The highest BCUT2D eigenvalue weighted by Crippen LogP contribution is 2.42. The van der Waals surface area contributed by atoms with Crippen LogP contribution in [0.3, 0.4) is 0 Å². The molecule has 0 saturated carbocycles. The molecule has 1 aromatic heterocycles. The van der Waals surface area contributed by atoms with Crippen molar-refractivity contribution in [3.63, 3.8) is 0 Å². The summed E-state index contributed by atoms with van der Waals surface area (Å²) in [6, 6.07) is 3.71. The number of rotatable bonds is 6. The van der Waals surface area contributed by atoms with Gasteiger partial charge < -0.3 is 11.1 Å². The molecule has 2 heterocycles. The lowest BCUT2D eigenvalue weighted by molar-refractivity contribution is -0.119. The van der Waals surface area contributed by atoms with Gasteiger partial charge >= 0.3 is 0 Å². The van der Waals surface area contributed by atoms with Crippen LogP contribution >= 0.6 is 11.8 Å². The van der Waals surface area contributed by atoms with E-state index in [9.17, 15) is 4.79 Å². The maximum absolute atomic E-state index is 11.4. The van der Waals surface area contributed by atoms with Crippen LogP contribution in [0, 0.1) is 0 Å². The van der Waals surface area contributed by atoms with Gasteiger partial charge in [-0.3, -0.25) is 15.1 Å². The summed E-state index contributed by atoms with van der Waals surface area (Å²) in [6.07, 6.45) is 5.59. The summed E-state index contributed by atoms with van der Waals surface area (Å²) in [7, 11) is 1.94. The molecule has 1 aliphatic heterocycles. The van der Waals surface area contributed by atoms with Gasteiger partial charge in [0.1, 0.15) is 0 Å². The van der Waals surface area contributed by atoms with Gasteiger partial charge in [0.2, 0.25) is 5.91 Å². The average Bonchev–Trinajstić information content (AvgIpc) is 2.86. The third-order valence-electron chi connectivity index (χ3n) is 3.33. The Morgan fingerprint density at radius 2 is 2.58 bits per heavy atom. The Morgan fingerprint density at radius 3 is 3.16 bits per heavy atom. The SMILES string of the molecule is CNCCCC1(c2cccnc2)NC(C(N)=O)CS1. The number of carbonyl (C=O) groups excluding carboxylic acids is 1. The molecule has 2 rings (SSSR count). The zero-order valence-electron chi connectivity index (χ0n) is 11.1. The number of primary amides is 1. The van der Waals surface area contributed by atoms with E-state index in [0.717, 1.165) is 24.9 Å². The van der Waals surface area contributed by atoms with Crippen molar-refractivity contribution in [3.8, 4) is 0 Å². The minimum absolute atomic E-state index is 0.245. The molecule has 0 bridgehead atoms. The first-order valence-corrected chi connectivity index (χ1v) is 7.42. The lowest BCUT2D eigenvalue weighted by Crippen LogP contribution is -2.46. The number of pyridine rings is 1. The number of amides is 1. The molecular weight excluding hydrogens is 260 g/mol. The molecule has 1 aromatic rings. The largest absolute Gasteiger partial charge is 0.368 e. The summed E-state index contributed by atoms with van der Waals surface area (Å²) in [5.74, 6) is 0.427. The minimum Gasteiger partial charge on any atom is -0.368 e. The normalized spacial score (nSPS) is 26.5. The highest BCUT2D eigenvalue weighted by Gasteiger charge is 2.42. The van der Waals surface area contributed by atoms with Crippen molar-refractivity contribution in [2.75, 3.05) is 19.3 Å². The van der Waals surface area contributed by atoms with Crippen LogP contribution in [-0.4, -0.2) is 36.3 Å². The molecule has 1 aliphatic rings. The molecule has 0 spiro atoms. The maximum atomic E-state index is 11.4. The molecule has 1 saturated heterocycles. The van der Waals surface area contributed by atoms with Gasteiger partial charge in [0.05, 0.1) is 10.9 Å². The first-order valence-electron chi connectivity index (χ1n) is 6.44. The van der Waals surface area contributed by atoms with E-state index >= 15 is 0 Å². The summed E-state index contributed by atoms with van der Waals surface area (Å²) in [5, 5.41) is 6.55. The van der Waals surface area contributed by atoms with E-state index in [1.54, 1.807) is 18.0 Å². The number of hydrogen-bond donors (Lipinski definition) is 3. The zero-order chi connectivity index (χ0) is 13.7. The van der Waals surface area contributed by atoms with Crippen molar-refractivity contribution in [2.24, 2.45) is 5.73 Å². The minimum atomic E-state index is -0.285. The molecule has 4 N–H and O–H groups in total. The zero-order valence-corrected chi connectivity index (χ0v) is 11.9. The van der Waals surface area contributed by atoms with E-state index in [0.29, 0.717) is 5.75 Å². The molecular formula is C13H20N4OS. The molecule has 0 aliphatic carbocycles. The second-order valence-corrected chi connectivity index (χ2v) is 6.01. The van der Waals surface area contributed by atoms with Gasteiger partial charge in [0, 0.05) is 23.7 Å². The summed E-state index contributed by atoms with van der Waals surface area (Å²) in [6.45, 7) is 0.950. The van der Waals surface area contributed by atoms with E-state index in [-0.39, 0.29) is 16.8 Å². The molecule has 1 amide bonds. The van der Waals surface area contributed by atoms with Crippen LogP contribution < -0.4 is 16.4 Å². The monoisotopic (exact) mass is 280 g/mol. The number of nitrogens with one attached hydrogen (secondary N) is 2. The predicted molar refractivity (Wildman–Crippen MR) is 77.7 cm³/mol. The van der Waals surface area contributed by atoms with Crippen molar-refractivity contribution in [1.82, 2.24) is 15.6 Å². The average molecular weight is 280 g/mol. The molecule has 6 heteroatoms. The Balaban J connectivity index is 2.17. The molecule has 0 aromatic carbocycles. The summed E-state index contributed by atoms with van der Waals surface area (Å²) in [4.78, 5) is 15.3. The quantitative estimate of drug-likeness (QED) is 0.658. The van der Waals surface area contributed by atoms with Gasteiger partial charge in [-0.2, -0.15) is 0 Å². The van der Waals surface area contributed by atoms with E-state index in [1.165, 1.54) is 0 Å². The number of carbonyl (C=O) groups is 1. The number of thioether (sulfide) groups is 1. The molecule has 19 heavy (non-hydrogen) atoms. The fourth-order valence-corrected chi connectivity index (χ4v) is 3.82. The van der Waals surface area contributed by atoms with E-state index in [1.807, 2.05) is 19.3 Å². The Kier molecular flexibility index (Phi) is 4.79. The van der Waals surface area contributed by atoms with Gasteiger partial charge in [-0.05, 0) is 32.5 Å². The second-order valence-electron chi connectivity index (χ2n) is 4.69. The third-order valence-corrected chi connectivity index (χ3v) is 4.88. The summed E-state index contributed by atoms with van der Waals surface area (Å²) in [5.41, 5.74) is 6.52. The number of nitrogens with two attached hydrogens (primary N) is 1. The predicted octanol–water partition coefficient (Wildman–Crippen LogP) is 0.424. The van der Waals surface area contributed by atoms with Crippen LogP contribution in [0.5, 0.6) is 0 Å². The van der Waals surface area contributed by atoms with E-state index in [2.05, 4.69) is 21.7 Å². The van der Waals surface area contributed by atoms with Crippen molar-refractivity contribution < 1.29 is 4.79 Å². The first kappa shape index (κ1) is 14.3. The van der Waals surface area contributed by atoms with Gasteiger partial charge in [-0.1, -0.05) is 6.07 Å². The third kappa shape index (κ3) is 3.26. The van der Waals surface area contributed by atoms with Gasteiger partial charge in [0.25, 0.3) is 0 Å². The van der Waals surface area contributed by atoms with Crippen LogP contribution in [0.1, 0.15) is 18.4 Å². The van der Waals surface area contributed by atoms with Gasteiger partial charge in [0.15, 0.2) is 0 Å². The number of aromatic nitrogens is 1. The molecule has 2 unspecified atom stereocenters. The lowest BCUT2D eigenvalue weighted by atomic mass is 10.0. The Hall–Kier alpha value is -1.11. The van der Waals surface area contributed by atoms with E-state index in [4.69, 9.17) is 5.73 Å². The highest BCUT2D eigenvalue weighted by molar-refractivity contribution is 8.00. The Labute approximate surface area is 117 Å². The van der Waals surface area contributed by atoms with Gasteiger partial charge in [-0.15, -0.1) is 11.8 Å². The van der Waals surface area contributed by atoms with Crippen LogP contribution in [0.2, 0.25) is 0 Å². The highest BCUT2D eigenvalue weighted by atomic mass is 32.2. The standard InChI is InChI=1S/C13H20N4OS/c1-15-6-3-5-13(10-4-2-7-16-8-10)17-11(9-19-13)12(14)18/h2,4,7-8,11,15,17H,3,5-6,9H2,1H3,(H2,14,18). The van der Waals surface area contributed by atoms with E-state index < -0.39 is 0 Å². The number of hydrogen-bond acceptors (Lipinski definition) is 5. The van der Waals surface area contributed by atoms with Crippen LogP contribution in [-0.2, 0) is 9.67 Å². The molecule has 2 atom stereocenters. The van der Waals surface area contributed by atoms with Gasteiger partial charge in [-0.25, -0.2) is 0 Å². The fraction of sp³-hybridized carbons (Fsp3) is 0.538. The smallest absolute Gasteiger partial charge is 0.235 e. The van der Waals surface area contributed by atoms with Crippen molar-refractivity contribution in [1.29, 1.82) is 0 Å². The van der Waals surface area contributed by atoms with Crippen LogP contribution in [0.15, 0.2) is 24.5 Å². The van der Waals surface area contributed by atoms with Crippen LogP contribution in [0.4, 0.5) is 0 Å². The maximum Gasteiger partial charge on any atom is 0.235 e. The van der Waals surface area contributed by atoms with Crippen molar-refractivity contribution >= 4 is 17.7 Å². The first-order chi connectivity index (χ1) is 9.18. The number of nitrogens with zero attached hydrogens (tertiary/aromatic N) is 1. The Morgan fingerprint density at radius 1 is 1.74 bits per heavy atom. The second kappa shape index (κ2) is 6.36. The van der Waals surface area contributed by atoms with Crippen LogP contribution in [0.25, 0.3) is 0 Å². The molecule has 104 valence electrons. The van der Waals surface area contributed by atoms with Crippen molar-refractivity contribution in [3.05, 3.63) is 30.1 Å². The molecule has 1 fully saturated rings. The fourth-order valence-electron chi connectivity index (χ4n) is 2.31. The lowest BCUT2D eigenvalue weighted by Gasteiger charge is -2.29. The Bertz CT molecular complexity index is 428. The van der Waals surface area contributed by atoms with Crippen molar-refractivity contribution in [2.45, 2.75) is 23.8 Å². The molecule has 0 radical (unpaired) electrons. The summed E-state index contributed by atoms with van der Waals surface area (Å²) >= 11 is 1.75. The topological polar surface area (TPSA) is 80.0 Å². The molecule has 5 nitrogen and oxygen atoms in total.